The van der Waals surface area contributed by atoms with E-state index >= 15 is 0 Å². The van der Waals surface area contributed by atoms with Gasteiger partial charge in [0.1, 0.15) is 5.50 Å². The van der Waals surface area contributed by atoms with Crippen LogP contribution < -0.4 is 10.6 Å². The fourth-order valence-corrected chi connectivity index (χ4v) is 2.23. The molecule has 1 aliphatic rings. The van der Waals surface area contributed by atoms with Crippen molar-refractivity contribution in [3.8, 4) is 0 Å². The van der Waals surface area contributed by atoms with Crippen LogP contribution in [0, 0.1) is 0 Å². The Morgan fingerprint density at radius 3 is 3.00 bits per heavy atom. The van der Waals surface area contributed by atoms with Crippen molar-refractivity contribution < 1.29 is 14.3 Å². The van der Waals surface area contributed by atoms with Crippen molar-refractivity contribution >= 4 is 23.6 Å². The van der Waals surface area contributed by atoms with Gasteiger partial charge >= 0.3 is 5.97 Å². The first-order chi connectivity index (χ1) is 7.15. The molecule has 0 aromatic heterocycles. The van der Waals surface area contributed by atoms with Gasteiger partial charge in [0, 0.05) is 12.5 Å². The van der Waals surface area contributed by atoms with Crippen molar-refractivity contribution in [3.63, 3.8) is 0 Å². The van der Waals surface area contributed by atoms with Gasteiger partial charge in [-0.25, -0.2) is 0 Å². The van der Waals surface area contributed by atoms with Crippen molar-refractivity contribution in [2.45, 2.75) is 31.3 Å². The monoisotopic (exact) mass is 232 g/mol. The Morgan fingerprint density at radius 1 is 1.67 bits per heavy atom. The van der Waals surface area contributed by atoms with Gasteiger partial charge < -0.3 is 10.1 Å². The van der Waals surface area contributed by atoms with Gasteiger partial charge in [-0.1, -0.05) is 6.92 Å². The van der Waals surface area contributed by atoms with Crippen molar-refractivity contribution in [1.82, 2.24) is 10.6 Å². The molecular weight excluding hydrogens is 216 g/mol. The average molecular weight is 232 g/mol. The Morgan fingerprint density at radius 2 is 2.40 bits per heavy atom. The van der Waals surface area contributed by atoms with Crippen LogP contribution in [0.5, 0.6) is 0 Å². The van der Waals surface area contributed by atoms with Gasteiger partial charge in [-0.15, -0.1) is 11.8 Å². The molecule has 1 fully saturated rings. The van der Waals surface area contributed by atoms with E-state index in [1.54, 1.807) is 0 Å². The van der Waals surface area contributed by atoms with Gasteiger partial charge in [-0.05, 0) is 6.42 Å². The Bertz CT molecular complexity index is 248. The Balaban J connectivity index is 2.34. The van der Waals surface area contributed by atoms with Crippen molar-refractivity contribution in [1.29, 1.82) is 0 Å². The first kappa shape index (κ1) is 12.3. The number of hydrogen-bond donors (Lipinski definition) is 2. The van der Waals surface area contributed by atoms with E-state index in [0.717, 1.165) is 6.42 Å². The molecule has 0 aliphatic carbocycles. The third-order valence-corrected chi connectivity index (χ3v) is 3.19. The summed E-state index contributed by atoms with van der Waals surface area (Å²) in [4.78, 5) is 22.2. The highest BCUT2D eigenvalue weighted by Crippen LogP contribution is 2.13. The lowest BCUT2D eigenvalue weighted by molar-refractivity contribution is -0.137. The molecule has 1 aliphatic heterocycles. The number of amides is 1. The number of esters is 1. The molecule has 86 valence electrons. The molecule has 0 saturated carbocycles. The van der Waals surface area contributed by atoms with E-state index in [2.05, 4.69) is 15.4 Å². The van der Waals surface area contributed by atoms with Crippen molar-refractivity contribution in [3.05, 3.63) is 0 Å². The van der Waals surface area contributed by atoms with Crippen LogP contribution in [-0.2, 0) is 14.3 Å². The molecule has 15 heavy (non-hydrogen) atoms. The number of methoxy groups -OCH3 is 1. The zero-order valence-corrected chi connectivity index (χ0v) is 9.73. The molecule has 0 radical (unpaired) electrons. The lowest BCUT2D eigenvalue weighted by Crippen LogP contribution is -2.54. The molecule has 0 aromatic rings. The fourth-order valence-electron chi connectivity index (χ4n) is 1.31. The SMILES string of the molecule is CCC1CC(=O)NC(SCC(=O)OC)N1. The minimum atomic E-state index is -0.283. The molecule has 1 saturated heterocycles. The predicted molar refractivity (Wildman–Crippen MR) is 58.2 cm³/mol. The smallest absolute Gasteiger partial charge is 0.315 e. The van der Waals surface area contributed by atoms with Crippen molar-refractivity contribution in [2.24, 2.45) is 0 Å². The molecule has 6 heteroatoms. The van der Waals surface area contributed by atoms with Crippen LogP contribution in [0.1, 0.15) is 19.8 Å². The highest BCUT2D eigenvalue weighted by molar-refractivity contribution is 8.00. The van der Waals surface area contributed by atoms with E-state index in [1.165, 1.54) is 18.9 Å². The highest BCUT2D eigenvalue weighted by Gasteiger charge is 2.25. The maximum Gasteiger partial charge on any atom is 0.315 e. The first-order valence-electron chi connectivity index (χ1n) is 4.89. The lowest BCUT2D eigenvalue weighted by Gasteiger charge is -2.30. The van der Waals surface area contributed by atoms with Gasteiger partial charge in [0.2, 0.25) is 5.91 Å². The normalized spacial score (nSPS) is 25.9. The van der Waals surface area contributed by atoms with E-state index in [0.29, 0.717) is 6.42 Å². The Labute approximate surface area is 93.3 Å². The topological polar surface area (TPSA) is 67.4 Å². The minimum Gasteiger partial charge on any atom is -0.468 e. The summed E-state index contributed by atoms with van der Waals surface area (Å²) >= 11 is 1.34. The third kappa shape index (κ3) is 4.09. The summed E-state index contributed by atoms with van der Waals surface area (Å²) in [5.74, 6) is -0.0112. The summed E-state index contributed by atoms with van der Waals surface area (Å²) < 4.78 is 4.52. The van der Waals surface area contributed by atoms with E-state index in [9.17, 15) is 9.59 Å². The number of nitrogens with one attached hydrogen (secondary N) is 2. The summed E-state index contributed by atoms with van der Waals surface area (Å²) in [6.07, 6.45) is 1.41. The second kappa shape index (κ2) is 5.97. The molecule has 0 spiro atoms. The predicted octanol–water partition coefficient (Wildman–Crippen LogP) is 0.0643. The van der Waals surface area contributed by atoms with Gasteiger partial charge in [0.25, 0.3) is 0 Å². The number of ether oxygens (including phenoxy) is 1. The zero-order valence-electron chi connectivity index (χ0n) is 8.91. The Hall–Kier alpha value is -0.750. The first-order valence-corrected chi connectivity index (χ1v) is 5.94. The molecule has 2 N–H and O–H groups in total. The maximum atomic E-state index is 11.3. The molecule has 5 nitrogen and oxygen atoms in total. The van der Waals surface area contributed by atoms with Gasteiger partial charge in [0.15, 0.2) is 0 Å². The van der Waals surface area contributed by atoms with Crippen LogP contribution in [0.2, 0.25) is 0 Å². The molecule has 0 aromatic carbocycles. The number of carbonyl (C=O) groups excluding carboxylic acids is 2. The van der Waals surface area contributed by atoms with Gasteiger partial charge in [-0.2, -0.15) is 0 Å². The summed E-state index contributed by atoms with van der Waals surface area (Å²) in [5.41, 5.74) is -0.185. The second-order valence-corrected chi connectivity index (χ2v) is 4.40. The van der Waals surface area contributed by atoms with Crippen molar-refractivity contribution in [2.75, 3.05) is 12.9 Å². The van der Waals surface area contributed by atoms with E-state index in [1.807, 2.05) is 6.92 Å². The van der Waals surface area contributed by atoms with E-state index < -0.39 is 0 Å². The largest absolute Gasteiger partial charge is 0.468 e. The molecular formula is C9H16N2O3S. The molecule has 0 bridgehead atoms. The average Bonchev–Trinajstić information content (AvgIpc) is 2.25. The van der Waals surface area contributed by atoms with E-state index in [-0.39, 0.29) is 29.2 Å². The third-order valence-electron chi connectivity index (χ3n) is 2.20. The number of carbonyl (C=O) groups is 2. The summed E-state index contributed by atoms with van der Waals surface area (Å²) in [6.45, 7) is 2.03. The minimum absolute atomic E-state index is 0.0305. The molecule has 2 unspecified atom stereocenters. The van der Waals surface area contributed by atoms with Crippen LogP contribution in [0.15, 0.2) is 0 Å². The number of rotatable bonds is 4. The lowest BCUT2D eigenvalue weighted by atomic mass is 10.1. The Kier molecular flexibility index (Phi) is 4.90. The second-order valence-electron chi connectivity index (χ2n) is 3.31. The van der Waals surface area contributed by atoms with E-state index in [4.69, 9.17) is 0 Å². The molecule has 1 heterocycles. The van der Waals surface area contributed by atoms with Crippen LogP contribution in [0.4, 0.5) is 0 Å². The standard InChI is InChI=1S/C9H16N2O3S/c1-3-6-4-7(12)11-9(10-6)15-5-8(13)14-2/h6,9-10H,3-5H2,1-2H3,(H,11,12). The molecule has 1 amide bonds. The van der Waals surface area contributed by atoms with Gasteiger partial charge in [0.05, 0.1) is 12.9 Å². The quantitative estimate of drug-likeness (QED) is 0.671. The van der Waals surface area contributed by atoms with Crippen LogP contribution in [0.25, 0.3) is 0 Å². The molecule has 1 rings (SSSR count). The highest BCUT2D eigenvalue weighted by atomic mass is 32.2. The summed E-state index contributed by atoms with van der Waals surface area (Å²) in [5, 5.41) is 6.00. The van der Waals surface area contributed by atoms with Crippen LogP contribution >= 0.6 is 11.8 Å². The molecule has 2 atom stereocenters. The van der Waals surface area contributed by atoms with Gasteiger partial charge in [-0.3, -0.25) is 14.9 Å². The number of thioether (sulfide) groups is 1. The maximum absolute atomic E-state index is 11.3. The summed E-state index contributed by atoms with van der Waals surface area (Å²) in [7, 11) is 1.35. The fraction of sp³-hybridized carbons (Fsp3) is 0.778. The summed E-state index contributed by atoms with van der Waals surface area (Å²) in [6, 6.07) is 0.203. The zero-order chi connectivity index (χ0) is 11.3. The number of hydrogen-bond acceptors (Lipinski definition) is 5. The van der Waals surface area contributed by atoms with Crippen LogP contribution in [0.3, 0.4) is 0 Å². The van der Waals surface area contributed by atoms with Crippen LogP contribution in [-0.4, -0.2) is 36.3 Å².